The molecule has 1 aliphatic rings. The second-order valence-corrected chi connectivity index (χ2v) is 6.51. The van der Waals surface area contributed by atoms with Crippen LogP contribution >= 0.6 is 11.6 Å². The first kappa shape index (κ1) is 16.7. The first-order valence-corrected chi connectivity index (χ1v) is 8.65. The molecule has 0 fully saturated rings. The molecule has 0 atom stereocenters. The Hall–Kier alpha value is -2.79. The first-order chi connectivity index (χ1) is 12.6. The normalized spacial score (nSPS) is 13.4. The molecule has 0 spiro atoms. The molecule has 0 saturated carbocycles. The minimum atomic E-state index is -0.607. The van der Waals surface area contributed by atoms with Crippen LogP contribution in [0, 0.1) is 5.82 Å². The standard InChI is InChI=1S/C20H15ClFN3O/c21-15-7-4-8-16(22)18(15)20(26)25-10-9-17-14(12-25)11-23-19(24-17)13-5-2-1-3-6-13/h1-8,11H,9-10,12H2. The Morgan fingerprint density at radius 2 is 1.92 bits per heavy atom. The predicted octanol–water partition coefficient (Wildman–Crippen LogP) is 4.13. The molecule has 1 aromatic heterocycles. The fourth-order valence-corrected chi connectivity index (χ4v) is 3.32. The van der Waals surface area contributed by atoms with Crippen molar-refractivity contribution in [3.63, 3.8) is 0 Å². The van der Waals surface area contributed by atoms with Crippen LogP contribution in [0.4, 0.5) is 4.39 Å². The number of carbonyl (C=O) groups excluding carboxylic acids is 1. The lowest BCUT2D eigenvalue weighted by Crippen LogP contribution is -2.37. The summed E-state index contributed by atoms with van der Waals surface area (Å²) >= 11 is 6.02. The van der Waals surface area contributed by atoms with Gasteiger partial charge in [-0.3, -0.25) is 4.79 Å². The van der Waals surface area contributed by atoms with Crippen LogP contribution in [0.5, 0.6) is 0 Å². The molecule has 2 heterocycles. The molecular weight excluding hydrogens is 353 g/mol. The Morgan fingerprint density at radius 1 is 1.12 bits per heavy atom. The van der Waals surface area contributed by atoms with Crippen LogP contribution < -0.4 is 0 Å². The number of fused-ring (bicyclic) bond motifs is 1. The van der Waals surface area contributed by atoms with E-state index >= 15 is 0 Å². The molecule has 130 valence electrons. The highest BCUT2D eigenvalue weighted by Crippen LogP contribution is 2.25. The molecule has 1 aliphatic heterocycles. The highest BCUT2D eigenvalue weighted by molar-refractivity contribution is 6.33. The Morgan fingerprint density at radius 3 is 2.69 bits per heavy atom. The molecule has 0 unspecified atom stereocenters. The molecule has 0 bridgehead atoms. The van der Waals surface area contributed by atoms with Gasteiger partial charge in [-0.2, -0.15) is 0 Å². The topological polar surface area (TPSA) is 46.1 Å². The molecule has 6 heteroatoms. The molecule has 4 nitrogen and oxygen atoms in total. The van der Waals surface area contributed by atoms with E-state index < -0.39 is 11.7 Å². The van der Waals surface area contributed by atoms with Crippen molar-refractivity contribution in [2.24, 2.45) is 0 Å². The van der Waals surface area contributed by atoms with Crippen molar-refractivity contribution in [2.45, 2.75) is 13.0 Å². The molecule has 0 N–H and O–H groups in total. The maximum atomic E-state index is 14.0. The number of carbonyl (C=O) groups is 1. The number of aromatic nitrogens is 2. The third-order valence-electron chi connectivity index (χ3n) is 4.43. The van der Waals surface area contributed by atoms with Gasteiger partial charge in [0.2, 0.25) is 0 Å². The van der Waals surface area contributed by atoms with Crippen LogP contribution in [-0.2, 0) is 13.0 Å². The van der Waals surface area contributed by atoms with Gasteiger partial charge in [0.1, 0.15) is 5.82 Å². The van der Waals surface area contributed by atoms with E-state index in [0.717, 1.165) is 16.8 Å². The van der Waals surface area contributed by atoms with Crippen molar-refractivity contribution < 1.29 is 9.18 Å². The Labute approximate surface area is 155 Å². The van der Waals surface area contributed by atoms with Crippen molar-refractivity contribution in [1.29, 1.82) is 0 Å². The third-order valence-corrected chi connectivity index (χ3v) is 4.74. The van der Waals surface area contributed by atoms with Gasteiger partial charge in [-0.05, 0) is 12.1 Å². The van der Waals surface area contributed by atoms with E-state index in [4.69, 9.17) is 11.6 Å². The zero-order valence-electron chi connectivity index (χ0n) is 13.8. The van der Waals surface area contributed by atoms with E-state index in [1.807, 2.05) is 30.3 Å². The molecule has 26 heavy (non-hydrogen) atoms. The predicted molar refractivity (Wildman–Crippen MR) is 97.3 cm³/mol. The van der Waals surface area contributed by atoms with Gasteiger partial charge < -0.3 is 4.90 Å². The average Bonchev–Trinajstić information content (AvgIpc) is 2.67. The van der Waals surface area contributed by atoms with Gasteiger partial charge in [0, 0.05) is 36.8 Å². The summed E-state index contributed by atoms with van der Waals surface area (Å²) in [5, 5.41) is 0.122. The summed E-state index contributed by atoms with van der Waals surface area (Å²) in [5.41, 5.74) is 2.66. The summed E-state index contributed by atoms with van der Waals surface area (Å²) in [6, 6.07) is 14.0. The number of halogens is 2. The van der Waals surface area contributed by atoms with E-state index in [2.05, 4.69) is 9.97 Å². The van der Waals surface area contributed by atoms with Crippen LogP contribution in [0.2, 0.25) is 5.02 Å². The summed E-state index contributed by atoms with van der Waals surface area (Å²) in [5.74, 6) is -0.351. The quantitative estimate of drug-likeness (QED) is 0.684. The van der Waals surface area contributed by atoms with Crippen LogP contribution in [0.3, 0.4) is 0 Å². The Bertz CT molecular complexity index is 958. The van der Waals surface area contributed by atoms with Gasteiger partial charge in [0.05, 0.1) is 16.3 Å². The SMILES string of the molecule is O=C(c1c(F)cccc1Cl)N1CCc2nc(-c3ccccc3)ncc2C1. The highest BCUT2D eigenvalue weighted by Gasteiger charge is 2.26. The molecule has 1 amide bonds. The minimum Gasteiger partial charge on any atom is -0.334 e. The molecule has 3 aromatic rings. The summed E-state index contributed by atoms with van der Waals surface area (Å²) in [7, 11) is 0. The van der Waals surface area contributed by atoms with E-state index in [9.17, 15) is 9.18 Å². The fourth-order valence-electron chi connectivity index (χ4n) is 3.08. The summed E-state index contributed by atoms with van der Waals surface area (Å²) < 4.78 is 14.0. The van der Waals surface area contributed by atoms with Gasteiger partial charge in [0.15, 0.2) is 5.82 Å². The largest absolute Gasteiger partial charge is 0.334 e. The van der Waals surface area contributed by atoms with E-state index in [0.29, 0.717) is 25.3 Å². The number of hydrogen-bond donors (Lipinski definition) is 0. The number of amides is 1. The van der Waals surface area contributed by atoms with Crippen LogP contribution in [0.1, 0.15) is 21.6 Å². The Balaban J connectivity index is 1.60. The molecule has 0 saturated heterocycles. The molecular formula is C20H15ClFN3O. The minimum absolute atomic E-state index is 0.0839. The monoisotopic (exact) mass is 367 g/mol. The lowest BCUT2D eigenvalue weighted by atomic mass is 10.0. The average molecular weight is 368 g/mol. The number of rotatable bonds is 2. The lowest BCUT2D eigenvalue weighted by molar-refractivity contribution is 0.0729. The van der Waals surface area contributed by atoms with Crippen molar-refractivity contribution >= 4 is 17.5 Å². The Kier molecular flexibility index (Phi) is 4.39. The summed E-state index contributed by atoms with van der Waals surface area (Å²) in [6.45, 7) is 0.801. The summed E-state index contributed by atoms with van der Waals surface area (Å²) in [6.07, 6.45) is 2.34. The van der Waals surface area contributed by atoms with E-state index in [1.165, 1.54) is 18.2 Å². The second kappa shape index (κ2) is 6.84. The lowest BCUT2D eigenvalue weighted by Gasteiger charge is -2.28. The molecule has 4 rings (SSSR count). The smallest absolute Gasteiger partial charge is 0.258 e. The zero-order valence-corrected chi connectivity index (χ0v) is 14.6. The second-order valence-electron chi connectivity index (χ2n) is 6.10. The maximum absolute atomic E-state index is 14.0. The number of nitrogens with zero attached hydrogens (tertiary/aromatic N) is 3. The van der Waals surface area contributed by atoms with Crippen molar-refractivity contribution in [1.82, 2.24) is 14.9 Å². The van der Waals surface area contributed by atoms with Crippen LogP contribution in [-0.4, -0.2) is 27.3 Å². The van der Waals surface area contributed by atoms with Crippen molar-refractivity contribution in [3.8, 4) is 11.4 Å². The van der Waals surface area contributed by atoms with Gasteiger partial charge in [-0.1, -0.05) is 48.0 Å². The third kappa shape index (κ3) is 3.06. The summed E-state index contributed by atoms with van der Waals surface area (Å²) in [4.78, 5) is 23.3. The number of hydrogen-bond acceptors (Lipinski definition) is 3. The van der Waals surface area contributed by atoms with Crippen molar-refractivity contribution in [2.75, 3.05) is 6.54 Å². The van der Waals surface area contributed by atoms with Gasteiger partial charge in [-0.25, -0.2) is 14.4 Å². The number of benzene rings is 2. The molecule has 2 aromatic carbocycles. The van der Waals surface area contributed by atoms with Crippen LogP contribution in [0.25, 0.3) is 11.4 Å². The maximum Gasteiger partial charge on any atom is 0.258 e. The fraction of sp³-hybridized carbons (Fsp3) is 0.150. The first-order valence-electron chi connectivity index (χ1n) is 8.27. The highest BCUT2D eigenvalue weighted by atomic mass is 35.5. The van der Waals surface area contributed by atoms with E-state index in [1.54, 1.807) is 11.1 Å². The van der Waals surface area contributed by atoms with Crippen LogP contribution in [0.15, 0.2) is 54.7 Å². The van der Waals surface area contributed by atoms with Gasteiger partial charge >= 0.3 is 0 Å². The van der Waals surface area contributed by atoms with Gasteiger partial charge in [-0.15, -0.1) is 0 Å². The molecule has 0 aliphatic carbocycles. The zero-order chi connectivity index (χ0) is 18.1. The van der Waals surface area contributed by atoms with Crippen molar-refractivity contribution in [3.05, 3.63) is 82.4 Å². The molecule has 0 radical (unpaired) electrons. The van der Waals surface area contributed by atoms with E-state index in [-0.39, 0.29) is 10.6 Å². The van der Waals surface area contributed by atoms with Gasteiger partial charge in [0.25, 0.3) is 5.91 Å².